The quantitative estimate of drug-likeness (QED) is 0.222. The lowest BCUT2D eigenvalue weighted by Gasteiger charge is -2.38. The van der Waals surface area contributed by atoms with E-state index in [1.807, 2.05) is 42.5 Å². The van der Waals surface area contributed by atoms with E-state index < -0.39 is 11.7 Å². The number of rotatable bonds is 9. The Morgan fingerprint density at radius 3 is 2.09 bits per heavy atom. The number of nitrogens with one attached hydrogen (secondary N) is 1. The van der Waals surface area contributed by atoms with E-state index in [0.717, 1.165) is 49.9 Å². The lowest BCUT2D eigenvalue weighted by atomic mass is 10.0. The number of anilines is 1. The maximum Gasteiger partial charge on any atom is 0.274 e. The van der Waals surface area contributed by atoms with Crippen LogP contribution in [-0.4, -0.2) is 124 Å². The molecule has 0 atom stereocenters. The Balaban J connectivity index is 0.759. The van der Waals surface area contributed by atoms with Crippen molar-refractivity contribution in [3.63, 3.8) is 0 Å². The molecule has 5 aromatic rings. The first-order chi connectivity index (χ1) is 28.2. The standard InChI is InChI=1S/C44H47FN8O5/c45-37-11-10-29(25-39-34-8-4-5-9-35(34)42(55)49-48-39)24-36(37)43(56)53-22-20-51(21-23-53)40(54)28-50-16-12-32(13-17-50)58-33-14-18-52(19-15-33)44(57)41-38(46)26-31(27-47-41)30-6-2-1-3-7-30/h1-11,24,26-27,32-33H,12-23,25,28,46H2,(H,49,55). The summed E-state index contributed by atoms with van der Waals surface area (Å²) in [7, 11) is 0. The summed E-state index contributed by atoms with van der Waals surface area (Å²) in [5, 5.41) is 7.96. The summed E-state index contributed by atoms with van der Waals surface area (Å²) in [6.45, 7) is 4.32. The highest BCUT2D eigenvalue weighted by atomic mass is 19.1. The highest BCUT2D eigenvalue weighted by Crippen LogP contribution is 2.26. The number of H-pyrrole nitrogens is 1. The predicted molar refractivity (Wildman–Crippen MR) is 218 cm³/mol. The minimum Gasteiger partial charge on any atom is -0.397 e. The van der Waals surface area contributed by atoms with E-state index >= 15 is 4.39 Å². The zero-order valence-corrected chi connectivity index (χ0v) is 32.3. The number of amides is 3. The fraction of sp³-hybridized carbons (Fsp3) is 0.364. The average molecular weight is 787 g/mol. The maximum absolute atomic E-state index is 15.0. The first-order valence-electron chi connectivity index (χ1n) is 20.0. The SMILES string of the molecule is Nc1cc(-c2ccccc2)cnc1C(=O)N1CCC(OC2CCN(CC(=O)N3CCN(C(=O)c4cc(Cc5n[nH]c(=O)c6ccccc56)ccc4F)CC3)CC2)CC1. The molecule has 2 aromatic heterocycles. The molecule has 58 heavy (non-hydrogen) atoms. The third-order valence-electron chi connectivity index (χ3n) is 11.6. The summed E-state index contributed by atoms with van der Waals surface area (Å²) in [6.07, 6.45) is 5.30. The monoisotopic (exact) mass is 786 g/mol. The van der Waals surface area contributed by atoms with Gasteiger partial charge in [-0.2, -0.15) is 5.10 Å². The van der Waals surface area contributed by atoms with Crippen molar-refractivity contribution in [3.05, 3.63) is 124 Å². The number of aromatic nitrogens is 3. The molecule has 3 aliphatic rings. The average Bonchev–Trinajstić information content (AvgIpc) is 3.26. The Hall–Kier alpha value is -5.99. The number of hydrogen-bond donors (Lipinski definition) is 2. The number of carbonyl (C=O) groups excluding carboxylic acids is 3. The second kappa shape index (κ2) is 17.2. The molecule has 5 heterocycles. The molecule has 3 aromatic carbocycles. The molecule has 0 aliphatic carbocycles. The number of likely N-dealkylation sites (tertiary alicyclic amines) is 2. The predicted octanol–water partition coefficient (Wildman–Crippen LogP) is 4.37. The van der Waals surface area contributed by atoms with Gasteiger partial charge in [-0.1, -0.05) is 54.6 Å². The van der Waals surface area contributed by atoms with Crippen LogP contribution in [0, 0.1) is 5.82 Å². The van der Waals surface area contributed by atoms with Gasteiger partial charge in [0.15, 0.2) is 5.69 Å². The Labute approximate surface area is 335 Å². The van der Waals surface area contributed by atoms with E-state index in [0.29, 0.717) is 80.0 Å². The van der Waals surface area contributed by atoms with Gasteiger partial charge in [-0.15, -0.1) is 0 Å². The number of benzene rings is 3. The number of carbonyl (C=O) groups is 3. The minimum atomic E-state index is -0.608. The van der Waals surface area contributed by atoms with Crippen molar-refractivity contribution < 1.29 is 23.5 Å². The fourth-order valence-corrected chi connectivity index (χ4v) is 8.24. The third-order valence-corrected chi connectivity index (χ3v) is 11.6. The summed E-state index contributed by atoms with van der Waals surface area (Å²) < 4.78 is 21.5. The van der Waals surface area contributed by atoms with Gasteiger partial charge in [-0.05, 0) is 61.1 Å². The molecule has 0 unspecified atom stereocenters. The number of piperazine rings is 1. The molecule has 3 aliphatic heterocycles. The largest absolute Gasteiger partial charge is 0.397 e. The smallest absolute Gasteiger partial charge is 0.274 e. The van der Waals surface area contributed by atoms with Gasteiger partial charge in [0.2, 0.25) is 5.91 Å². The van der Waals surface area contributed by atoms with Crippen molar-refractivity contribution in [2.45, 2.75) is 44.3 Å². The van der Waals surface area contributed by atoms with Crippen LogP contribution in [-0.2, 0) is 16.0 Å². The lowest BCUT2D eigenvalue weighted by molar-refractivity contribution is -0.135. The van der Waals surface area contributed by atoms with Crippen molar-refractivity contribution in [2.75, 3.05) is 64.6 Å². The van der Waals surface area contributed by atoms with Gasteiger partial charge in [0.1, 0.15) is 5.82 Å². The van der Waals surface area contributed by atoms with Crippen LogP contribution in [0.2, 0.25) is 0 Å². The zero-order valence-electron chi connectivity index (χ0n) is 32.3. The Bertz CT molecular complexity index is 2350. The van der Waals surface area contributed by atoms with Crippen LogP contribution in [0.5, 0.6) is 0 Å². The number of nitrogens with zero attached hydrogens (tertiary/aromatic N) is 6. The van der Waals surface area contributed by atoms with Gasteiger partial charge in [0.25, 0.3) is 17.4 Å². The number of nitrogen functional groups attached to an aromatic ring is 1. The maximum atomic E-state index is 15.0. The molecule has 300 valence electrons. The van der Waals surface area contributed by atoms with E-state index in [1.54, 1.807) is 51.2 Å². The summed E-state index contributed by atoms with van der Waals surface area (Å²) in [5.41, 5.74) is 9.81. The number of pyridine rings is 1. The summed E-state index contributed by atoms with van der Waals surface area (Å²) in [4.78, 5) is 64.1. The second-order valence-electron chi connectivity index (χ2n) is 15.3. The van der Waals surface area contributed by atoms with Gasteiger partial charge in [-0.3, -0.25) is 24.1 Å². The topological polar surface area (TPSA) is 158 Å². The molecule has 0 spiro atoms. The molecule has 14 heteroatoms. The summed E-state index contributed by atoms with van der Waals surface area (Å²) >= 11 is 0. The normalized spacial score (nSPS) is 17.2. The highest BCUT2D eigenvalue weighted by molar-refractivity contribution is 5.98. The van der Waals surface area contributed by atoms with E-state index in [1.165, 1.54) is 6.07 Å². The molecule has 3 saturated heterocycles. The van der Waals surface area contributed by atoms with E-state index in [4.69, 9.17) is 10.5 Å². The number of nitrogens with two attached hydrogens (primary N) is 1. The number of hydrogen-bond acceptors (Lipinski definition) is 9. The van der Waals surface area contributed by atoms with Crippen LogP contribution < -0.4 is 11.3 Å². The van der Waals surface area contributed by atoms with Crippen LogP contribution >= 0.6 is 0 Å². The van der Waals surface area contributed by atoms with E-state index in [-0.39, 0.29) is 40.8 Å². The van der Waals surface area contributed by atoms with Gasteiger partial charge in [0.05, 0.1) is 41.1 Å². The van der Waals surface area contributed by atoms with Crippen molar-refractivity contribution in [3.8, 4) is 11.1 Å². The number of ether oxygens (including phenoxy) is 1. The third kappa shape index (κ3) is 8.63. The number of piperidine rings is 2. The molecule has 3 fully saturated rings. The molecule has 0 bridgehead atoms. The first-order valence-corrected chi connectivity index (χ1v) is 20.0. The fourth-order valence-electron chi connectivity index (χ4n) is 8.24. The molecular weight excluding hydrogens is 740 g/mol. The Morgan fingerprint density at radius 1 is 0.741 bits per heavy atom. The molecule has 3 N–H and O–H groups in total. The van der Waals surface area contributed by atoms with Crippen LogP contribution in [0.4, 0.5) is 10.1 Å². The van der Waals surface area contributed by atoms with Gasteiger partial charge >= 0.3 is 0 Å². The molecular formula is C44H47FN8O5. The van der Waals surface area contributed by atoms with Gasteiger partial charge in [-0.25, -0.2) is 14.5 Å². The molecule has 0 saturated carbocycles. The van der Waals surface area contributed by atoms with E-state index in [9.17, 15) is 19.2 Å². The summed E-state index contributed by atoms with van der Waals surface area (Å²) in [6, 6.07) is 23.2. The van der Waals surface area contributed by atoms with Crippen molar-refractivity contribution in [1.82, 2.24) is 34.8 Å². The van der Waals surface area contributed by atoms with Crippen molar-refractivity contribution in [2.24, 2.45) is 0 Å². The van der Waals surface area contributed by atoms with E-state index in [2.05, 4.69) is 20.1 Å². The number of fused-ring (bicyclic) bond motifs is 1. The molecule has 3 amide bonds. The van der Waals surface area contributed by atoms with Gasteiger partial charge < -0.3 is 25.2 Å². The van der Waals surface area contributed by atoms with Crippen molar-refractivity contribution >= 4 is 34.2 Å². The number of aromatic amines is 1. The number of halogens is 1. The van der Waals surface area contributed by atoms with Crippen LogP contribution in [0.25, 0.3) is 21.9 Å². The van der Waals surface area contributed by atoms with Crippen LogP contribution in [0.15, 0.2) is 89.9 Å². The second-order valence-corrected chi connectivity index (χ2v) is 15.3. The molecule has 13 nitrogen and oxygen atoms in total. The highest BCUT2D eigenvalue weighted by Gasteiger charge is 2.31. The minimum absolute atomic E-state index is 0.0159. The summed E-state index contributed by atoms with van der Waals surface area (Å²) in [5.74, 6) is -1.17. The van der Waals surface area contributed by atoms with Crippen LogP contribution in [0.1, 0.15) is 57.8 Å². The van der Waals surface area contributed by atoms with Gasteiger partial charge in [0, 0.05) is 75.9 Å². The van der Waals surface area contributed by atoms with Crippen LogP contribution in [0.3, 0.4) is 0 Å². The Kier molecular flexibility index (Phi) is 11.6. The van der Waals surface area contributed by atoms with Crippen molar-refractivity contribution in [1.29, 1.82) is 0 Å². The molecule has 8 rings (SSSR count). The zero-order chi connectivity index (χ0) is 40.2. The molecule has 0 radical (unpaired) electrons. The lowest BCUT2D eigenvalue weighted by Crippen LogP contribution is -2.53. The first kappa shape index (κ1) is 38.9. The Morgan fingerprint density at radius 2 is 1.38 bits per heavy atom.